The van der Waals surface area contributed by atoms with Gasteiger partial charge in [-0.3, -0.25) is 4.98 Å². The number of nitrogen functional groups attached to an aromatic ring is 1. The molecule has 3 heterocycles. The molecule has 150 valence electrons. The second kappa shape index (κ2) is 7.48. The first-order valence-corrected chi connectivity index (χ1v) is 10.3. The van der Waals surface area contributed by atoms with Crippen molar-refractivity contribution in [3.8, 4) is 5.75 Å². The normalized spacial score (nSPS) is 21.8. The molecule has 1 fully saturated rings. The summed E-state index contributed by atoms with van der Waals surface area (Å²) in [6.07, 6.45) is 5.84. The number of β-amino-alcohol motifs (C(OH)–C–C–N with tert-alkyl or cyclic N) is 1. The monoisotopic (exact) mass is 391 g/mol. The van der Waals surface area contributed by atoms with Crippen LogP contribution in [0.1, 0.15) is 30.5 Å². The highest BCUT2D eigenvalue weighted by molar-refractivity contribution is 5.79. The van der Waals surface area contributed by atoms with Crippen LogP contribution in [0.4, 0.5) is 11.8 Å². The number of nitrogens with two attached hydrogens (primary N) is 1. The minimum absolute atomic E-state index is 0.254. The molecule has 2 atom stereocenters. The summed E-state index contributed by atoms with van der Waals surface area (Å²) in [5, 5.41) is 11.8. The SMILES string of the molecule is Nc1nc2c(c(N3CC[C@@H](Oc4ccc5ncccc5c4)[C@H](O)C3)n1)CCCC2. The summed E-state index contributed by atoms with van der Waals surface area (Å²) in [4.78, 5) is 15.4. The first kappa shape index (κ1) is 18.1. The summed E-state index contributed by atoms with van der Waals surface area (Å²) in [5.74, 6) is 1.96. The van der Waals surface area contributed by atoms with Gasteiger partial charge in [0.15, 0.2) is 0 Å². The first-order chi connectivity index (χ1) is 14.2. The average molecular weight is 391 g/mol. The number of piperidine rings is 1. The molecule has 0 bridgehead atoms. The van der Waals surface area contributed by atoms with Gasteiger partial charge in [-0.25, -0.2) is 4.98 Å². The van der Waals surface area contributed by atoms with Gasteiger partial charge in [0.1, 0.15) is 23.8 Å². The van der Waals surface area contributed by atoms with Gasteiger partial charge >= 0.3 is 0 Å². The van der Waals surface area contributed by atoms with E-state index in [-0.39, 0.29) is 6.10 Å². The Balaban J connectivity index is 1.32. The number of rotatable bonds is 3. The molecule has 1 aliphatic carbocycles. The lowest BCUT2D eigenvalue weighted by Gasteiger charge is -2.38. The van der Waals surface area contributed by atoms with Crippen molar-refractivity contribution in [1.82, 2.24) is 15.0 Å². The highest BCUT2D eigenvalue weighted by Gasteiger charge is 2.32. The van der Waals surface area contributed by atoms with E-state index in [0.717, 1.165) is 60.4 Å². The van der Waals surface area contributed by atoms with Crippen molar-refractivity contribution in [3.63, 3.8) is 0 Å². The van der Waals surface area contributed by atoms with E-state index in [1.54, 1.807) is 6.20 Å². The fourth-order valence-corrected chi connectivity index (χ4v) is 4.40. The Bertz CT molecular complexity index is 1040. The lowest BCUT2D eigenvalue weighted by molar-refractivity contribution is 0.0241. The molecule has 3 N–H and O–H groups in total. The van der Waals surface area contributed by atoms with Crippen LogP contribution in [0.15, 0.2) is 36.5 Å². The zero-order valence-electron chi connectivity index (χ0n) is 16.3. The minimum atomic E-state index is -0.608. The molecule has 0 unspecified atom stereocenters. The standard InChI is InChI=1S/C22H25N5O2/c23-22-25-18-6-2-1-5-16(18)21(26-22)27-11-9-20(19(28)13-27)29-15-7-8-17-14(12-15)4-3-10-24-17/h3-4,7-8,10,12,19-20,28H,1-2,5-6,9,11,13H2,(H2,23,25,26)/t19-,20-/m1/s1. The van der Waals surface area contributed by atoms with Gasteiger partial charge in [0.05, 0.1) is 11.2 Å². The van der Waals surface area contributed by atoms with E-state index < -0.39 is 6.10 Å². The van der Waals surface area contributed by atoms with Crippen molar-refractivity contribution >= 4 is 22.7 Å². The Morgan fingerprint density at radius 3 is 2.93 bits per heavy atom. The molecule has 0 amide bonds. The Morgan fingerprint density at radius 2 is 2.03 bits per heavy atom. The molecule has 0 spiro atoms. The molecule has 1 aromatic carbocycles. The van der Waals surface area contributed by atoms with Crippen molar-refractivity contribution in [2.24, 2.45) is 0 Å². The van der Waals surface area contributed by atoms with Crippen molar-refractivity contribution in [1.29, 1.82) is 0 Å². The Kier molecular flexibility index (Phi) is 4.67. The van der Waals surface area contributed by atoms with Gasteiger partial charge < -0.3 is 20.5 Å². The summed E-state index contributed by atoms with van der Waals surface area (Å²) in [5.41, 5.74) is 9.15. The van der Waals surface area contributed by atoms with Crippen molar-refractivity contribution in [2.45, 2.75) is 44.3 Å². The van der Waals surface area contributed by atoms with Crippen LogP contribution in [0.3, 0.4) is 0 Å². The number of pyridine rings is 1. The number of aliphatic hydroxyl groups is 1. The molecule has 7 heteroatoms. The van der Waals surface area contributed by atoms with Gasteiger partial charge in [0.2, 0.25) is 5.95 Å². The van der Waals surface area contributed by atoms with Crippen molar-refractivity contribution in [2.75, 3.05) is 23.7 Å². The molecule has 5 rings (SSSR count). The fourth-order valence-electron chi connectivity index (χ4n) is 4.40. The molecule has 7 nitrogen and oxygen atoms in total. The number of hydrogen-bond donors (Lipinski definition) is 2. The van der Waals surface area contributed by atoms with E-state index in [9.17, 15) is 5.11 Å². The smallest absolute Gasteiger partial charge is 0.222 e. The number of aromatic nitrogens is 3. The second-order valence-electron chi connectivity index (χ2n) is 7.85. The van der Waals surface area contributed by atoms with E-state index in [4.69, 9.17) is 10.5 Å². The van der Waals surface area contributed by atoms with Crippen LogP contribution in [0.5, 0.6) is 5.75 Å². The van der Waals surface area contributed by atoms with Crippen LogP contribution in [-0.2, 0) is 12.8 Å². The summed E-state index contributed by atoms with van der Waals surface area (Å²) in [7, 11) is 0. The molecule has 29 heavy (non-hydrogen) atoms. The Hall–Kier alpha value is -2.93. The maximum absolute atomic E-state index is 10.8. The number of aliphatic hydroxyl groups excluding tert-OH is 1. The average Bonchev–Trinajstić information content (AvgIpc) is 2.74. The third-order valence-corrected chi connectivity index (χ3v) is 5.86. The topological polar surface area (TPSA) is 97.4 Å². The van der Waals surface area contributed by atoms with Gasteiger partial charge in [-0.15, -0.1) is 0 Å². The van der Waals surface area contributed by atoms with E-state index in [2.05, 4.69) is 19.9 Å². The van der Waals surface area contributed by atoms with E-state index in [1.165, 1.54) is 5.56 Å². The molecule has 0 saturated carbocycles. The van der Waals surface area contributed by atoms with Gasteiger partial charge in [0, 0.05) is 36.7 Å². The van der Waals surface area contributed by atoms with Crippen molar-refractivity contribution in [3.05, 3.63) is 47.8 Å². The van der Waals surface area contributed by atoms with E-state index in [1.807, 2.05) is 30.3 Å². The summed E-state index contributed by atoms with van der Waals surface area (Å²) >= 11 is 0. The molecule has 2 aliphatic rings. The molecule has 1 aliphatic heterocycles. The number of hydrogen-bond acceptors (Lipinski definition) is 7. The first-order valence-electron chi connectivity index (χ1n) is 10.3. The van der Waals surface area contributed by atoms with Gasteiger partial charge in [0.25, 0.3) is 0 Å². The maximum Gasteiger partial charge on any atom is 0.222 e. The number of aryl methyl sites for hydroxylation is 1. The van der Waals surface area contributed by atoms with Gasteiger partial charge in [-0.1, -0.05) is 6.07 Å². The predicted molar refractivity (Wildman–Crippen MR) is 112 cm³/mol. The molecular formula is C22H25N5O2. The van der Waals surface area contributed by atoms with Crippen LogP contribution in [-0.4, -0.2) is 45.4 Å². The molecule has 1 saturated heterocycles. The van der Waals surface area contributed by atoms with Gasteiger partial charge in [-0.2, -0.15) is 4.98 Å². The van der Waals surface area contributed by atoms with E-state index >= 15 is 0 Å². The second-order valence-corrected chi connectivity index (χ2v) is 7.85. The molecule has 2 aromatic heterocycles. The molecule has 0 radical (unpaired) electrons. The zero-order chi connectivity index (χ0) is 19.8. The van der Waals surface area contributed by atoms with Crippen LogP contribution < -0.4 is 15.4 Å². The number of fused-ring (bicyclic) bond motifs is 2. The Labute approximate surface area is 169 Å². The van der Waals surface area contributed by atoms with Crippen LogP contribution in [0.2, 0.25) is 0 Å². The molecular weight excluding hydrogens is 366 g/mol. The van der Waals surface area contributed by atoms with E-state index in [0.29, 0.717) is 18.9 Å². The Morgan fingerprint density at radius 1 is 1.14 bits per heavy atom. The lowest BCUT2D eigenvalue weighted by atomic mass is 9.95. The number of nitrogens with zero attached hydrogens (tertiary/aromatic N) is 4. The molecule has 3 aromatic rings. The largest absolute Gasteiger partial charge is 0.488 e. The predicted octanol–water partition coefficient (Wildman–Crippen LogP) is 2.50. The lowest BCUT2D eigenvalue weighted by Crippen LogP contribution is -2.49. The van der Waals surface area contributed by atoms with Crippen LogP contribution in [0.25, 0.3) is 10.9 Å². The zero-order valence-corrected chi connectivity index (χ0v) is 16.3. The third kappa shape index (κ3) is 3.58. The van der Waals surface area contributed by atoms with Crippen LogP contribution >= 0.6 is 0 Å². The third-order valence-electron chi connectivity index (χ3n) is 5.86. The highest BCUT2D eigenvalue weighted by Crippen LogP contribution is 2.31. The fraction of sp³-hybridized carbons (Fsp3) is 0.409. The number of ether oxygens (including phenoxy) is 1. The number of anilines is 2. The minimum Gasteiger partial charge on any atom is -0.488 e. The quantitative estimate of drug-likeness (QED) is 0.708. The van der Waals surface area contributed by atoms with Gasteiger partial charge in [-0.05, 0) is 49.9 Å². The maximum atomic E-state index is 10.8. The number of benzene rings is 1. The van der Waals surface area contributed by atoms with Crippen molar-refractivity contribution < 1.29 is 9.84 Å². The summed E-state index contributed by atoms with van der Waals surface area (Å²) in [6, 6.07) is 9.76. The summed E-state index contributed by atoms with van der Waals surface area (Å²) in [6.45, 7) is 1.24. The highest BCUT2D eigenvalue weighted by atomic mass is 16.5. The van der Waals surface area contributed by atoms with Crippen LogP contribution in [0, 0.1) is 0 Å². The summed E-state index contributed by atoms with van der Waals surface area (Å²) < 4.78 is 6.13.